The summed E-state index contributed by atoms with van der Waals surface area (Å²) in [5.74, 6) is 1.07. The van der Waals surface area contributed by atoms with Crippen LogP contribution in [0.1, 0.15) is 29.7 Å². The molecule has 1 aliphatic rings. The fourth-order valence-electron chi connectivity index (χ4n) is 2.95. The van der Waals surface area contributed by atoms with Crippen LogP contribution in [-0.4, -0.2) is 34.1 Å². The van der Waals surface area contributed by atoms with Crippen molar-refractivity contribution in [2.24, 2.45) is 0 Å². The van der Waals surface area contributed by atoms with Crippen LogP contribution in [0, 0.1) is 13.8 Å². The number of aromatic amines is 1. The van der Waals surface area contributed by atoms with Gasteiger partial charge in [-0.05, 0) is 37.8 Å². The van der Waals surface area contributed by atoms with Crippen molar-refractivity contribution in [3.8, 4) is 5.75 Å². The minimum Gasteiger partial charge on any atom is -0.490 e. The van der Waals surface area contributed by atoms with E-state index >= 15 is 0 Å². The van der Waals surface area contributed by atoms with Crippen molar-refractivity contribution in [1.82, 2.24) is 14.9 Å². The molecule has 2 heterocycles. The largest absolute Gasteiger partial charge is 0.490 e. The molecule has 1 fully saturated rings. The fourth-order valence-corrected chi connectivity index (χ4v) is 2.95. The van der Waals surface area contributed by atoms with E-state index < -0.39 is 0 Å². The zero-order valence-corrected chi connectivity index (χ0v) is 12.8. The molecule has 4 nitrogen and oxygen atoms in total. The van der Waals surface area contributed by atoms with Gasteiger partial charge in [-0.15, -0.1) is 0 Å². The quantitative estimate of drug-likeness (QED) is 0.938. The van der Waals surface area contributed by atoms with E-state index in [9.17, 15) is 0 Å². The third-order valence-corrected chi connectivity index (χ3v) is 4.18. The van der Waals surface area contributed by atoms with Crippen molar-refractivity contribution < 1.29 is 4.74 Å². The number of ether oxygens (including phenoxy) is 1. The molecule has 0 amide bonds. The highest BCUT2D eigenvalue weighted by molar-refractivity contribution is 5.39. The van der Waals surface area contributed by atoms with Crippen LogP contribution in [0.5, 0.6) is 5.75 Å². The number of piperidine rings is 1. The number of nitrogens with zero attached hydrogens (tertiary/aromatic N) is 2. The number of para-hydroxylation sites is 1. The van der Waals surface area contributed by atoms with Gasteiger partial charge in [-0.3, -0.25) is 4.90 Å². The second kappa shape index (κ2) is 6.31. The third kappa shape index (κ3) is 3.45. The van der Waals surface area contributed by atoms with E-state index in [0.717, 1.165) is 38.2 Å². The molecular weight excluding hydrogens is 262 g/mol. The second-order valence-corrected chi connectivity index (χ2v) is 5.89. The summed E-state index contributed by atoms with van der Waals surface area (Å²) < 4.78 is 6.25. The van der Waals surface area contributed by atoms with Crippen LogP contribution in [0.4, 0.5) is 0 Å². The fraction of sp³-hybridized carbons (Fsp3) is 0.471. The summed E-state index contributed by atoms with van der Waals surface area (Å²) in [6, 6.07) is 6.33. The van der Waals surface area contributed by atoms with Crippen LogP contribution in [0.2, 0.25) is 0 Å². The van der Waals surface area contributed by atoms with E-state index in [0.29, 0.717) is 6.10 Å². The maximum absolute atomic E-state index is 6.25. The van der Waals surface area contributed by atoms with Gasteiger partial charge in [0.2, 0.25) is 0 Å². The minimum atomic E-state index is 0.336. The number of imidazole rings is 1. The van der Waals surface area contributed by atoms with Gasteiger partial charge in [0, 0.05) is 31.5 Å². The molecule has 1 saturated heterocycles. The monoisotopic (exact) mass is 285 g/mol. The molecule has 21 heavy (non-hydrogen) atoms. The zero-order chi connectivity index (χ0) is 14.7. The van der Waals surface area contributed by atoms with E-state index in [-0.39, 0.29) is 0 Å². The van der Waals surface area contributed by atoms with Crippen LogP contribution in [0.15, 0.2) is 30.7 Å². The summed E-state index contributed by atoms with van der Waals surface area (Å²) in [6.07, 6.45) is 6.15. The van der Waals surface area contributed by atoms with Crippen LogP contribution < -0.4 is 4.74 Å². The Morgan fingerprint density at radius 3 is 2.57 bits per heavy atom. The van der Waals surface area contributed by atoms with E-state index in [4.69, 9.17) is 4.74 Å². The summed E-state index contributed by atoms with van der Waals surface area (Å²) in [7, 11) is 0. The maximum Gasteiger partial charge on any atom is 0.125 e. The first-order chi connectivity index (χ1) is 10.2. The van der Waals surface area contributed by atoms with Crippen molar-refractivity contribution in [3.05, 3.63) is 47.5 Å². The summed E-state index contributed by atoms with van der Waals surface area (Å²) in [5, 5.41) is 0. The Labute approximate surface area is 126 Å². The molecule has 0 bridgehead atoms. The first kappa shape index (κ1) is 14.1. The van der Waals surface area contributed by atoms with Gasteiger partial charge in [0.05, 0.1) is 6.33 Å². The Hall–Kier alpha value is -1.81. The number of hydrogen-bond acceptors (Lipinski definition) is 3. The Balaban J connectivity index is 1.54. The number of aryl methyl sites for hydroxylation is 2. The van der Waals surface area contributed by atoms with Gasteiger partial charge in [-0.1, -0.05) is 18.2 Å². The summed E-state index contributed by atoms with van der Waals surface area (Å²) in [4.78, 5) is 9.69. The van der Waals surface area contributed by atoms with E-state index in [1.807, 2.05) is 6.20 Å². The molecule has 112 valence electrons. The SMILES string of the molecule is Cc1cccc(C)c1OC1CCN(Cc2cnc[nH]2)CC1. The number of likely N-dealkylation sites (tertiary alicyclic amines) is 1. The molecular formula is C17H23N3O. The van der Waals surface area contributed by atoms with Crippen LogP contribution in [0.25, 0.3) is 0 Å². The summed E-state index contributed by atoms with van der Waals surface area (Å²) in [6.45, 7) is 7.35. The molecule has 1 aromatic carbocycles. The number of nitrogens with one attached hydrogen (secondary N) is 1. The lowest BCUT2D eigenvalue weighted by atomic mass is 10.1. The van der Waals surface area contributed by atoms with Crippen molar-refractivity contribution >= 4 is 0 Å². The minimum absolute atomic E-state index is 0.336. The normalized spacial score (nSPS) is 17.0. The maximum atomic E-state index is 6.25. The highest BCUT2D eigenvalue weighted by atomic mass is 16.5. The average Bonchev–Trinajstić information content (AvgIpc) is 2.98. The highest BCUT2D eigenvalue weighted by Crippen LogP contribution is 2.26. The molecule has 1 aliphatic heterocycles. The lowest BCUT2D eigenvalue weighted by Crippen LogP contribution is -2.38. The molecule has 1 aromatic heterocycles. The molecule has 1 N–H and O–H groups in total. The smallest absolute Gasteiger partial charge is 0.125 e. The first-order valence-electron chi connectivity index (χ1n) is 7.65. The predicted octanol–water partition coefficient (Wildman–Crippen LogP) is 3.07. The molecule has 0 spiro atoms. The van der Waals surface area contributed by atoms with E-state index in [1.54, 1.807) is 6.33 Å². The molecule has 3 rings (SSSR count). The molecule has 0 aliphatic carbocycles. The number of H-pyrrole nitrogens is 1. The number of hydrogen-bond donors (Lipinski definition) is 1. The topological polar surface area (TPSA) is 41.1 Å². The van der Waals surface area contributed by atoms with Crippen molar-refractivity contribution in [1.29, 1.82) is 0 Å². The van der Waals surface area contributed by atoms with Gasteiger partial charge in [0.25, 0.3) is 0 Å². The Bertz CT molecular complexity index is 551. The number of rotatable bonds is 4. The lowest BCUT2D eigenvalue weighted by molar-refractivity contribution is 0.0951. The van der Waals surface area contributed by atoms with Crippen molar-refractivity contribution in [2.75, 3.05) is 13.1 Å². The van der Waals surface area contributed by atoms with Crippen molar-refractivity contribution in [2.45, 2.75) is 39.3 Å². The molecule has 2 aromatic rings. The first-order valence-corrected chi connectivity index (χ1v) is 7.65. The summed E-state index contributed by atoms with van der Waals surface area (Å²) >= 11 is 0. The average molecular weight is 285 g/mol. The van der Waals surface area contributed by atoms with Crippen LogP contribution >= 0.6 is 0 Å². The van der Waals surface area contributed by atoms with Crippen LogP contribution in [-0.2, 0) is 6.54 Å². The predicted molar refractivity (Wildman–Crippen MR) is 83.4 cm³/mol. The second-order valence-electron chi connectivity index (χ2n) is 5.89. The zero-order valence-electron chi connectivity index (χ0n) is 12.8. The lowest BCUT2D eigenvalue weighted by Gasteiger charge is -2.32. The highest BCUT2D eigenvalue weighted by Gasteiger charge is 2.21. The van der Waals surface area contributed by atoms with Gasteiger partial charge >= 0.3 is 0 Å². The van der Waals surface area contributed by atoms with Gasteiger partial charge in [0.1, 0.15) is 11.9 Å². The van der Waals surface area contributed by atoms with E-state index in [1.165, 1.54) is 16.8 Å². The molecule has 4 heteroatoms. The molecule has 0 saturated carbocycles. The summed E-state index contributed by atoms with van der Waals surface area (Å²) in [5.41, 5.74) is 3.65. The van der Waals surface area contributed by atoms with Gasteiger partial charge in [0.15, 0.2) is 0 Å². The number of aromatic nitrogens is 2. The Morgan fingerprint density at radius 2 is 1.95 bits per heavy atom. The Kier molecular flexibility index (Phi) is 4.25. The number of benzene rings is 1. The Morgan fingerprint density at radius 1 is 1.24 bits per heavy atom. The van der Waals surface area contributed by atoms with Gasteiger partial charge in [-0.2, -0.15) is 0 Å². The molecule has 0 unspecified atom stereocenters. The van der Waals surface area contributed by atoms with Crippen LogP contribution in [0.3, 0.4) is 0 Å². The van der Waals surface area contributed by atoms with Gasteiger partial charge < -0.3 is 9.72 Å². The molecule has 0 radical (unpaired) electrons. The molecule has 0 atom stereocenters. The van der Waals surface area contributed by atoms with Crippen molar-refractivity contribution in [3.63, 3.8) is 0 Å². The van der Waals surface area contributed by atoms with Gasteiger partial charge in [-0.25, -0.2) is 4.98 Å². The van der Waals surface area contributed by atoms with E-state index in [2.05, 4.69) is 46.9 Å². The third-order valence-electron chi connectivity index (χ3n) is 4.18. The standard InChI is InChI=1S/C17H23N3O/c1-13-4-3-5-14(2)17(13)21-16-6-8-20(9-7-16)11-15-10-18-12-19-15/h3-5,10,12,16H,6-9,11H2,1-2H3,(H,18,19).